The van der Waals surface area contributed by atoms with Crippen LogP contribution >= 0.6 is 0 Å². The van der Waals surface area contributed by atoms with Gasteiger partial charge in [-0.3, -0.25) is 9.59 Å². The number of pyridine rings is 1. The number of ether oxygens (including phenoxy) is 3. The Bertz CT molecular complexity index is 1880. The Balaban J connectivity index is 1.45. The molecule has 0 radical (unpaired) electrons. The topological polar surface area (TPSA) is 222 Å². The Hall–Kier alpha value is -5.05. The maximum atomic E-state index is 14.3. The molecule has 1 aliphatic carbocycles. The van der Waals surface area contributed by atoms with E-state index in [1.165, 1.54) is 31.4 Å². The highest BCUT2D eigenvalue weighted by molar-refractivity contribution is 6.30. The number of aliphatic hydroxyl groups excluding tert-OH is 4. The minimum Gasteiger partial charge on any atom is -0.508 e. The Morgan fingerprint density at radius 3 is 2.33 bits per heavy atom. The number of carbonyl (C=O) groups is 2. The summed E-state index contributed by atoms with van der Waals surface area (Å²) < 4.78 is 16.7. The second-order valence-corrected chi connectivity index (χ2v) is 11.7. The van der Waals surface area contributed by atoms with Gasteiger partial charge in [-0.05, 0) is 59.9 Å². The van der Waals surface area contributed by atoms with Crippen LogP contribution in [0.1, 0.15) is 54.1 Å². The number of hydrogen-bond donors (Lipinski definition) is 7. The number of ketones is 2. The largest absolute Gasteiger partial charge is 0.508 e. The number of nitrogens with zero attached hydrogens (tertiary/aromatic N) is 1. The van der Waals surface area contributed by atoms with E-state index in [4.69, 9.17) is 19.9 Å². The van der Waals surface area contributed by atoms with Crippen LogP contribution in [0.5, 0.6) is 23.0 Å². The second-order valence-electron chi connectivity index (χ2n) is 11.7. The summed E-state index contributed by atoms with van der Waals surface area (Å²) in [4.78, 5) is 32.6. The highest BCUT2D eigenvalue weighted by atomic mass is 16.7. The minimum atomic E-state index is -1.80. The molecule has 1 aliphatic heterocycles. The molecule has 0 bridgehead atoms. The number of hydrogen-bond acceptors (Lipinski definition) is 13. The molecule has 0 amide bonds. The van der Waals surface area contributed by atoms with Gasteiger partial charge in [0.05, 0.1) is 24.8 Å². The third-order valence-corrected chi connectivity index (χ3v) is 8.67. The number of nitrogens with two attached hydrogens (primary N) is 1. The lowest BCUT2D eigenvalue weighted by Crippen LogP contribution is -2.60. The van der Waals surface area contributed by atoms with Gasteiger partial charge in [0, 0.05) is 35.4 Å². The van der Waals surface area contributed by atoms with Crippen molar-refractivity contribution in [2.24, 2.45) is 0 Å². The fraction of sp³-hybridized carbons (Fsp3) is 0.286. The molecule has 48 heavy (non-hydrogen) atoms. The van der Waals surface area contributed by atoms with Crippen LogP contribution in [0.2, 0.25) is 0 Å². The molecule has 4 aromatic rings. The predicted octanol–water partition coefficient (Wildman–Crippen LogP) is 1.41. The van der Waals surface area contributed by atoms with E-state index in [2.05, 4.69) is 4.98 Å². The van der Waals surface area contributed by atoms with E-state index in [1.807, 2.05) is 6.07 Å². The summed E-state index contributed by atoms with van der Waals surface area (Å²) in [5, 5.41) is 62.6. The Labute approximate surface area is 274 Å². The second kappa shape index (κ2) is 13.2. The lowest BCUT2D eigenvalue weighted by atomic mass is 9.79. The number of aryl methyl sites for hydroxylation is 2. The van der Waals surface area contributed by atoms with E-state index in [1.54, 1.807) is 30.5 Å². The molecule has 0 spiro atoms. The maximum Gasteiger partial charge on any atom is 0.229 e. The van der Waals surface area contributed by atoms with Crippen molar-refractivity contribution in [1.82, 2.24) is 4.98 Å². The monoisotopic (exact) mass is 658 g/mol. The van der Waals surface area contributed by atoms with Gasteiger partial charge in [0.2, 0.25) is 12.1 Å². The van der Waals surface area contributed by atoms with Crippen molar-refractivity contribution in [3.63, 3.8) is 0 Å². The third-order valence-electron chi connectivity index (χ3n) is 8.67. The summed E-state index contributed by atoms with van der Waals surface area (Å²) in [6.45, 7) is -0.709. The number of phenols is 2. The summed E-state index contributed by atoms with van der Waals surface area (Å²) in [7, 11) is 1.34. The molecule has 2 aliphatic rings. The number of aromatic hydroxyl groups is 2. The van der Waals surface area contributed by atoms with Crippen LogP contribution in [0.3, 0.4) is 0 Å². The lowest BCUT2D eigenvalue weighted by Gasteiger charge is -2.39. The van der Waals surface area contributed by atoms with Gasteiger partial charge in [-0.15, -0.1) is 0 Å². The molecule has 8 N–H and O–H groups in total. The van der Waals surface area contributed by atoms with Crippen LogP contribution in [0.15, 0.2) is 60.8 Å². The van der Waals surface area contributed by atoms with Crippen molar-refractivity contribution in [3.05, 3.63) is 105 Å². The number of anilines is 1. The molecule has 13 heteroatoms. The number of methoxy groups -OCH3 is 1. The smallest absolute Gasteiger partial charge is 0.229 e. The molecule has 2 heterocycles. The molecular weight excluding hydrogens is 624 g/mol. The van der Waals surface area contributed by atoms with Crippen LogP contribution in [0.4, 0.5) is 5.82 Å². The minimum absolute atomic E-state index is 0.0172. The standard InChI is InChI=1S/C35H34N2O11/c1-46-20-12-23-27(24(13-20)47-35-34(45)33(44)31(42)25(15-38)48-35)32(43)28-22(29(23)40)11-18(7-5-16-6-8-26(36)37-14-16)21(30(28)41)10-17-3-2-4-19(39)9-17/h2-4,6,8-9,11-14,25,31,33-35,38-39,41-42,44-45H,5,7,10,15H2,1H3,(H2,36,37). The first kappa shape index (κ1) is 32.9. The van der Waals surface area contributed by atoms with Crippen LogP contribution in [-0.2, 0) is 24.0 Å². The molecular formula is C35H34N2O11. The average Bonchev–Trinajstić information content (AvgIpc) is 3.08. The van der Waals surface area contributed by atoms with Crippen molar-refractivity contribution >= 4 is 17.4 Å². The van der Waals surface area contributed by atoms with Gasteiger partial charge in [-0.1, -0.05) is 18.2 Å². The molecule has 1 fully saturated rings. The first-order valence-corrected chi connectivity index (χ1v) is 15.1. The first-order chi connectivity index (χ1) is 23.0. The zero-order valence-electron chi connectivity index (χ0n) is 25.7. The molecule has 0 saturated carbocycles. The van der Waals surface area contributed by atoms with Crippen molar-refractivity contribution in [1.29, 1.82) is 0 Å². The number of benzene rings is 3. The van der Waals surface area contributed by atoms with Gasteiger partial charge in [0.1, 0.15) is 53.2 Å². The van der Waals surface area contributed by atoms with Crippen molar-refractivity contribution in [2.45, 2.75) is 50.0 Å². The highest BCUT2D eigenvalue weighted by Gasteiger charge is 2.46. The highest BCUT2D eigenvalue weighted by Crippen LogP contribution is 2.43. The number of phenolic OH excluding ortho intramolecular Hbond substituents is 2. The van der Waals surface area contributed by atoms with Gasteiger partial charge in [0.25, 0.3) is 0 Å². The number of aliphatic hydroxyl groups is 4. The molecule has 1 saturated heterocycles. The summed E-state index contributed by atoms with van der Waals surface area (Å²) in [6.07, 6.45) is -5.57. The first-order valence-electron chi connectivity index (χ1n) is 15.1. The van der Waals surface area contributed by atoms with Crippen molar-refractivity contribution in [2.75, 3.05) is 19.5 Å². The van der Waals surface area contributed by atoms with Crippen molar-refractivity contribution in [3.8, 4) is 23.0 Å². The molecule has 5 atom stereocenters. The molecule has 6 rings (SSSR count). The Morgan fingerprint density at radius 2 is 1.65 bits per heavy atom. The van der Waals surface area contributed by atoms with Gasteiger partial charge in [0.15, 0.2) is 5.78 Å². The van der Waals surface area contributed by atoms with E-state index < -0.39 is 54.6 Å². The average molecular weight is 659 g/mol. The number of nitrogen functional groups attached to an aromatic ring is 1. The molecule has 13 nitrogen and oxygen atoms in total. The number of fused-ring (bicyclic) bond motifs is 2. The van der Waals surface area contributed by atoms with Crippen LogP contribution in [0.25, 0.3) is 0 Å². The van der Waals surface area contributed by atoms with E-state index >= 15 is 0 Å². The fourth-order valence-corrected chi connectivity index (χ4v) is 6.10. The zero-order valence-corrected chi connectivity index (χ0v) is 25.7. The molecule has 3 aromatic carbocycles. The predicted molar refractivity (Wildman–Crippen MR) is 169 cm³/mol. The van der Waals surface area contributed by atoms with E-state index in [-0.39, 0.29) is 45.9 Å². The molecule has 5 unspecified atom stereocenters. The SMILES string of the molecule is COc1cc(OC2OC(CO)C(O)C(O)C2O)c2c(c1)C(=O)c1cc(CCc3ccc(N)nc3)c(Cc3cccc(O)c3)c(O)c1C2=O. The van der Waals surface area contributed by atoms with Crippen LogP contribution in [0, 0.1) is 0 Å². The van der Waals surface area contributed by atoms with E-state index in [0.717, 1.165) is 5.56 Å². The van der Waals surface area contributed by atoms with Crippen LogP contribution < -0.4 is 15.2 Å². The van der Waals surface area contributed by atoms with Gasteiger partial charge < -0.3 is 50.6 Å². The van der Waals surface area contributed by atoms with Gasteiger partial charge in [-0.2, -0.15) is 0 Å². The quantitative estimate of drug-likeness (QED) is 0.119. The summed E-state index contributed by atoms with van der Waals surface area (Å²) in [6, 6.07) is 14.2. The normalized spacial score (nSPS) is 21.8. The van der Waals surface area contributed by atoms with Crippen molar-refractivity contribution < 1.29 is 54.4 Å². The number of carbonyl (C=O) groups excluding carboxylic acids is 2. The summed E-state index contributed by atoms with van der Waals surface area (Å²) in [5.74, 6) is -1.53. The molecule has 250 valence electrons. The summed E-state index contributed by atoms with van der Waals surface area (Å²) >= 11 is 0. The maximum absolute atomic E-state index is 14.3. The van der Waals surface area contributed by atoms with Gasteiger partial charge >= 0.3 is 0 Å². The van der Waals surface area contributed by atoms with E-state index in [0.29, 0.717) is 35.3 Å². The molecule has 1 aromatic heterocycles. The zero-order chi connectivity index (χ0) is 34.3. The number of aromatic nitrogens is 1. The van der Waals surface area contributed by atoms with E-state index in [9.17, 15) is 40.2 Å². The van der Waals surface area contributed by atoms with Crippen LogP contribution in [-0.4, -0.2) is 91.6 Å². The third kappa shape index (κ3) is 6.05. The Kier molecular flexibility index (Phi) is 9.05. The lowest BCUT2D eigenvalue weighted by molar-refractivity contribution is -0.277. The Morgan fingerprint density at radius 1 is 0.875 bits per heavy atom. The van der Waals surface area contributed by atoms with Gasteiger partial charge in [-0.25, -0.2) is 4.98 Å². The summed E-state index contributed by atoms with van der Waals surface area (Å²) in [5.41, 5.74) is 7.56. The number of rotatable bonds is 9. The fourth-order valence-electron chi connectivity index (χ4n) is 6.10.